The molecule has 0 amide bonds. The van der Waals surface area contributed by atoms with Crippen LogP contribution in [0.3, 0.4) is 0 Å². The SMILES string of the molecule is CNCc1ccc(CSC(C)CO)o1. The molecule has 0 bridgehead atoms. The quantitative estimate of drug-likeness (QED) is 0.757. The molecule has 0 aliphatic rings. The maximum Gasteiger partial charge on any atom is 0.117 e. The lowest BCUT2D eigenvalue weighted by Crippen LogP contribution is -2.03. The smallest absolute Gasteiger partial charge is 0.117 e. The molecular formula is C10H17NO2S. The number of aliphatic hydroxyl groups excluding tert-OH is 1. The maximum atomic E-state index is 8.84. The molecule has 3 nitrogen and oxygen atoms in total. The summed E-state index contributed by atoms with van der Waals surface area (Å²) in [6.45, 7) is 2.98. The third kappa shape index (κ3) is 3.74. The first-order chi connectivity index (χ1) is 6.76. The highest BCUT2D eigenvalue weighted by molar-refractivity contribution is 7.99. The number of hydrogen-bond acceptors (Lipinski definition) is 4. The molecule has 1 aromatic rings. The van der Waals surface area contributed by atoms with E-state index in [1.54, 1.807) is 11.8 Å². The van der Waals surface area contributed by atoms with Crippen molar-refractivity contribution >= 4 is 11.8 Å². The van der Waals surface area contributed by atoms with Gasteiger partial charge in [0, 0.05) is 5.25 Å². The summed E-state index contributed by atoms with van der Waals surface area (Å²) < 4.78 is 5.55. The van der Waals surface area contributed by atoms with Crippen LogP contribution < -0.4 is 5.32 Å². The maximum absolute atomic E-state index is 8.84. The molecule has 0 aliphatic carbocycles. The zero-order chi connectivity index (χ0) is 10.4. The molecule has 0 saturated carbocycles. The average Bonchev–Trinajstić information content (AvgIpc) is 2.63. The van der Waals surface area contributed by atoms with Gasteiger partial charge in [0.15, 0.2) is 0 Å². The summed E-state index contributed by atoms with van der Waals surface area (Å²) >= 11 is 1.70. The standard InChI is InChI=1S/C10H17NO2S/c1-8(6-12)14-7-10-4-3-9(13-10)5-11-2/h3-4,8,11-12H,5-7H2,1-2H3. The van der Waals surface area contributed by atoms with Crippen LogP contribution in [-0.4, -0.2) is 24.0 Å². The van der Waals surface area contributed by atoms with Gasteiger partial charge in [0.1, 0.15) is 11.5 Å². The van der Waals surface area contributed by atoms with E-state index < -0.39 is 0 Å². The van der Waals surface area contributed by atoms with Gasteiger partial charge in [-0.1, -0.05) is 6.92 Å². The predicted molar refractivity (Wildman–Crippen MR) is 59.3 cm³/mol. The van der Waals surface area contributed by atoms with Crippen molar-refractivity contribution in [1.29, 1.82) is 0 Å². The molecular weight excluding hydrogens is 198 g/mol. The lowest BCUT2D eigenvalue weighted by Gasteiger charge is -2.04. The van der Waals surface area contributed by atoms with Crippen molar-refractivity contribution in [2.24, 2.45) is 0 Å². The number of hydrogen-bond donors (Lipinski definition) is 2. The Morgan fingerprint density at radius 1 is 1.50 bits per heavy atom. The molecule has 4 heteroatoms. The Morgan fingerprint density at radius 3 is 2.86 bits per heavy atom. The van der Waals surface area contributed by atoms with Crippen molar-refractivity contribution in [2.75, 3.05) is 13.7 Å². The zero-order valence-electron chi connectivity index (χ0n) is 8.62. The van der Waals surface area contributed by atoms with Crippen LogP contribution in [0, 0.1) is 0 Å². The van der Waals surface area contributed by atoms with Gasteiger partial charge in [-0.15, -0.1) is 11.8 Å². The highest BCUT2D eigenvalue weighted by Gasteiger charge is 2.04. The molecule has 1 heterocycles. The second-order valence-corrected chi connectivity index (χ2v) is 4.63. The highest BCUT2D eigenvalue weighted by Crippen LogP contribution is 2.19. The molecule has 0 fully saturated rings. The summed E-state index contributed by atoms with van der Waals surface area (Å²) in [4.78, 5) is 0. The van der Waals surface area contributed by atoms with E-state index in [4.69, 9.17) is 9.52 Å². The van der Waals surface area contributed by atoms with E-state index in [1.807, 2.05) is 26.1 Å². The third-order valence-corrected chi connectivity index (χ3v) is 3.00. The van der Waals surface area contributed by atoms with Crippen LogP contribution >= 0.6 is 11.8 Å². The Labute approximate surface area is 88.9 Å². The Morgan fingerprint density at radius 2 is 2.21 bits per heavy atom. The van der Waals surface area contributed by atoms with Gasteiger partial charge in [-0.25, -0.2) is 0 Å². The van der Waals surface area contributed by atoms with Gasteiger partial charge in [-0.2, -0.15) is 0 Å². The van der Waals surface area contributed by atoms with E-state index in [2.05, 4.69) is 5.32 Å². The second kappa shape index (κ2) is 6.11. The normalized spacial score (nSPS) is 13.1. The van der Waals surface area contributed by atoms with Crippen molar-refractivity contribution < 1.29 is 9.52 Å². The Bertz CT molecular complexity index is 262. The number of aliphatic hydroxyl groups is 1. The van der Waals surface area contributed by atoms with E-state index in [9.17, 15) is 0 Å². The lowest BCUT2D eigenvalue weighted by atomic mass is 10.4. The van der Waals surface area contributed by atoms with Crippen LogP contribution in [0.15, 0.2) is 16.5 Å². The highest BCUT2D eigenvalue weighted by atomic mass is 32.2. The van der Waals surface area contributed by atoms with Crippen LogP contribution in [0.1, 0.15) is 18.4 Å². The van der Waals surface area contributed by atoms with E-state index in [1.165, 1.54) is 0 Å². The molecule has 1 aromatic heterocycles. The minimum atomic E-state index is 0.217. The third-order valence-electron chi connectivity index (χ3n) is 1.84. The molecule has 0 aromatic carbocycles. The summed E-state index contributed by atoms with van der Waals surface area (Å²) in [5, 5.41) is 12.1. The van der Waals surface area contributed by atoms with Crippen molar-refractivity contribution in [3.05, 3.63) is 23.7 Å². The van der Waals surface area contributed by atoms with Crippen LogP contribution in [0.25, 0.3) is 0 Å². The van der Waals surface area contributed by atoms with Crippen LogP contribution in [-0.2, 0) is 12.3 Å². The molecule has 80 valence electrons. The Kier molecular flexibility index (Phi) is 5.07. The zero-order valence-corrected chi connectivity index (χ0v) is 9.43. The first-order valence-electron chi connectivity index (χ1n) is 4.71. The molecule has 0 saturated heterocycles. The molecule has 14 heavy (non-hydrogen) atoms. The summed E-state index contributed by atoms with van der Waals surface area (Å²) in [5.41, 5.74) is 0. The lowest BCUT2D eigenvalue weighted by molar-refractivity contribution is 0.300. The van der Waals surface area contributed by atoms with Gasteiger partial charge < -0.3 is 14.8 Å². The fourth-order valence-corrected chi connectivity index (χ4v) is 1.76. The van der Waals surface area contributed by atoms with E-state index in [0.29, 0.717) is 0 Å². The first-order valence-corrected chi connectivity index (χ1v) is 5.75. The van der Waals surface area contributed by atoms with Crippen LogP contribution in [0.4, 0.5) is 0 Å². The molecule has 1 atom stereocenters. The average molecular weight is 215 g/mol. The Balaban J connectivity index is 2.35. The second-order valence-electron chi connectivity index (χ2n) is 3.20. The molecule has 0 spiro atoms. The molecule has 1 unspecified atom stereocenters. The number of rotatable bonds is 6. The van der Waals surface area contributed by atoms with Gasteiger partial charge in [0.05, 0.1) is 18.9 Å². The van der Waals surface area contributed by atoms with Gasteiger partial charge in [0.2, 0.25) is 0 Å². The van der Waals surface area contributed by atoms with Crippen molar-refractivity contribution in [2.45, 2.75) is 24.5 Å². The van der Waals surface area contributed by atoms with E-state index >= 15 is 0 Å². The van der Waals surface area contributed by atoms with Crippen molar-refractivity contribution in [1.82, 2.24) is 5.32 Å². The van der Waals surface area contributed by atoms with Crippen molar-refractivity contribution in [3.8, 4) is 0 Å². The molecule has 1 rings (SSSR count). The molecule has 0 radical (unpaired) electrons. The van der Waals surface area contributed by atoms with E-state index in [0.717, 1.165) is 23.8 Å². The summed E-state index contributed by atoms with van der Waals surface area (Å²) in [6, 6.07) is 3.97. The summed E-state index contributed by atoms with van der Waals surface area (Å²) in [5.74, 6) is 2.76. The van der Waals surface area contributed by atoms with Crippen LogP contribution in [0.5, 0.6) is 0 Å². The Hall–Kier alpha value is -0.450. The van der Waals surface area contributed by atoms with Gasteiger partial charge in [-0.3, -0.25) is 0 Å². The monoisotopic (exact) mass is 215 g/mol. The number of furan rings is 1. The van der Waals surface area contributed by atoms with Crippen molar-refractivity contribution in [3.63, 3.8) is 0 Å². The number of nitrogens with one attached hydrogen (secondary N) is 1. The number of thioether (sulfide) groups is 1. The minimum absolute atomic E-state index is 0.217. The predicted octanol–water partition coefficient (Wildman–Crippen LogP) is 1.61. The fourth-order valence-electron chi connectivity index (χ4n) is 1.05. The topological polar surface area (TPSA) is 45.4 Å². The van der Waals surface area contributed by atoms with E-state index in [-0.39, 0.29) is 11.9 Å². The molecule has 0 aliphatic heterocycles. The first kappa shape index (κ1) is 11.6. The largest absolute Gasteiger partial charge is 0.464 e. The summed E-state index contributed by atoms with van der Waals surface area (Å²) in [6.07, 6.45) is 0. The minimum Gasteiger partial charge on any atom is -0.464 e. The fraction of sp³-hybridized carbons (Fsp3) is 0.600. The van der Waals surface area contributed by atoms with Gasteiger partial charge in [0.25, 0.3) is 0 Å². The van der Waals surface area contributed by atoms with Gasteiger partial charge in [-0.05, 0) is 19.2 Å². The van der Waals surface area contributed by atoms with Gasteiger partial charge >= 0.3 is 0 Å². The molecule has 2 N–H and O–H groups in total. The van der Waals surface area contributed by atoms with Crippen LogP contribution in [0.2, 0.25) is 0 Å². The summed E-state index contributed by atoms with van der Waals surface area (Å²) in [7, 11) is 1.89.